The molecule has 1 rings (SSSR count). The molecule has 0 aliphatic carbocycles. The average molecular weight is 399 g/mol. The standard InChI is InChI=1S/C13H18Br2N2.ClH/c1-8(2)16-13(17-9(3)4)10-5-6-11(14)12(15)7-10;/h5-9H,1-4H3,(H,16,17);1H. The van der Waals surface area contributed by atoms with Crippen molar-refractivity contribution in [3.8, 4) is 0 Å². The molecule has 0 saturated carbocycles. The van der Waals surface area contributed by atoms with Crippen molar-refractivity contribution in [1.82, 2.24) is 5.32 Å². The van der Waals surface area contributed by atoms with Gasteiger partial charge in [0.25, 0.3) is 0 Å². The average Bonchev–Trinajstić information content (AvgIpc) is 2.19. The molecule has 0 bridgehead atoms. The smallest absolute Gasteiger partial charge is 0.128 e. The topological polar surface area (TPSA) is 24.4 Å². The lowest BCUT2D eigenvalue weighted by atomic mass is 10.2. The van der Waals surface area contributed by atoms with Gasteiger partial charge in [-0.05, 0) is 71.7 Å². The van der Waals surface area contributed by atoms with Crippen molar-refractivity contribution in [2.45, 2.75) is 39.8 Å². The Bertz CT molecular complexity index is 417. The molecular formula is C13H19Br2ClN2. The third kappa shape index (κ3) is 5.72. The van der Waals surface area contributed by atoms with E-state index in [2.05, 4.69) is 82.0 Å². The number of amidine groups is 1. The van der Waals surface area contributed by atoms with Crippen LogP contribution in [0.15, 0.2) is 32.1 Å². The molecule has 18 heavy (non-hydrogen) atoms. The summed E-state index contributed by atoms with van der Waals surface area (Å²) in [6, 6.07) is 6.80. The van der Waals surface area contributed by atoms with E-state index in [1.807, 2.05) is 6.07 Å². The number of aliphatic imine (C=N–C) groups is 1. The van der Waals surface area contributed by atoms with E-state index in [1.54, 1.807) is 0 Å². The first-order chi connectivity index (χ1) is 7.90. The van der Waals surface area contributed by atoms with E-state index in [0.717, 1.165) is 20.3 Å². The van der Waals surface area contributed by atoms with Gasteiger partial charge >= 0.3 is 0 Å². The fourth-order valence-corrected chi connectivity index (χ4v) is 2.00. The zero-order chi connectivity index (χ0) is 13.0. The lowest BCUT2D eigenvalue weighted by Crippen LogP contribution is -2.31. The molecule has 1 aromatic carbocycles. The minimum absolute atomic E-state index is 0. The highest BCUT2D eigenvalue weighted by molar-refractivity contribution is 9.13. The van der Waals surface area contributed by atoms with Crippen molar-refractivity contribution in [3.63, 3.8) is 0 Å². The first kappa shape index (κ1) is 17.9. The van der Waals surface area contributed by atoms with E-state index in [9.17, 15) is 0 Å². The normalized spacial score (nSPS) is 11.7. The van der Waals surface area contributed by atoms with Crippen LogP contribution >= 0.6 is 44.3 Å². The van der Waals surface area contributed by atoms with Crippen LogP contribution in [-0.2, 0) is 0 Å². The van der Waals surface area contributed by atoms with Gasteiger partial charge in [-0.15, -0.1) is 12.4 Å². The molecule has 0 heterocycles. The van der Waals surface area contributed by atoms with Crippen LogP contribution in [0.1, 0.15) is 33.3 Å². The number of hydrogen-bond donors (Lipinski definition) is 1. The number of rotatable bonds is 3. The molecule has 0 spiro atoms. The second kappa shape index (κ2) is 8.18. The predicted octanol–water partition coefficient (Wildman–Crippen LogP) is 4.79. The Morgan fingerprint density at radius 3 is 2.17 bits per heavy atom. The second-order valence-electron chi connectivity index (χ2n) is 4.50. The highest BCUT2D eigenvalue weighted by Crippen LogP contribution is 2.24. The van der Waals surface area contributed by atoms with Gasteiger partial charge in [-0.1, -0.05) is 6.07 Å². The van der Waals surface area contributed by atoms with Gasteiger partial charge in [0.05, 0.1) is 0 Å². The molecule has 0 amide bonds. The van der Waals surface area contributed by atoms with Gasteiger partial charge in [0.15, 0.2) is 0 Å². The molecule has 0 radical (unpaired) electrons. The van der Waals surface area contributed by atoms with Crippen molar-refractivity contribution >= 4 is 50.1 Å². The maximum atomic E-state index is 4.63. The fourth-order valence-electron chi connectivity index (χ4n) is 1.37. The molecule has 0 unspecified atom stereocenters. The third-order valence-corrected chi connectivity index (χ3v) is 3.89. The minimum atomic E-state index is 0. The van der Waals surface area contributed by atoms with Crippen LogP contribution in [-0.4, -0.2) is 17.9 Å². The van der Waals surface area contributed by atoms with E-state index in [0.29, 0.717) is 6.04 Å². The molecule has 1 N–H and O–H groups in total. The van der Waals surface area contributed by atoms with Crippen molar-refractivity contribution in [1.29, 1.82) is 0 Å². The predicted molar refractivity (Wildman–Crippen MR) is 89.0 cm³/mol. The largest absolute Gasteiger partial charge is 0.368 e. The quantitative estimate of drug-likeness (QED) is 0.575. The van der Waals surface area contributed by atoms with Gasteiger partial charge in [0, 0.05) is 26.6 Å². The summed E-state index contributed by atoms with van der Waals surface area (Å²) in [5, 5.41) is 3.39. The number of nitrogens with zero attached hydrogens (tertiary/aromatic N) is 1. The van der Waals surface area contributed by atoms with Gasteiger partial charge in [0.2, 0.25) is 0 Å². The molecule has 0 atom stereocenters. The summed E-state index contributed by atoms with van der Waals surface area (Å²) in [4.78, 5) is 4.63. The van der Waals surface area contributed by atoms with Crippen LogP contribution in [0.25, 0.3) is 0 Å². The van der Waals surface area contributed by atoms with Crippen LogP contribution in [0.4, 0.5) is 0 Å². The van der Waals surface area contributed by atoms with E-state index in [4.69, 9.17) is 0 Å². The van der Waals surface area contributed by atoms with Gasteiger partial charge in [-0.2, -0.15) is 0 Å². The van der Waals surface area contributed by atoms with Crippen LogP contribution in [0.2, 0.25) is 0 Å². The molecule has 0 aliphatic heterocycles. The summed E-state index contributed by atoms with van der Waals surface area (Å²) in [5.74, 6) is 0.947. The van der Waals surface area contributed by atoms with E-state index >= 15 is 0 Å². The molecule has 0 fully saturated rings. The maximum absolute atomic E-state index is 4.63. The lowest BCUT2D eigenvalue weighted by molar-refractivity contribution is 0.719. The summed E-state index contributed by atoms with van der Waals surface area (Å²) < 4.78 is 2.09. The summed E-state index contributed by atoms with van der Waals surface area (Å²) in [6.07, 6.45) is 0. The summed E-state index contributed by atoms with van der Waals surface area (Å²) >= 11 is 6.99. The first-order valence-electron chi connectivity index (χ1n) is 5.70. The van der Waals surface area contributed by atoms with Crippen LogP contribution in [0, 0.1) is 0 Å². The molecule has 1 aromatic rings. The zero-order valence-electron chi connectivity index (χ0n) is 11.0. The van der Waals surface area contributed by atoms with Crippen LogP contribution in [0.5, 0.6) is 0 Å². The number of nitrogens with one attached hydrogen (secondary N) is 1. The SMILES string of the molecule is CC(C)/N=C(\NC(C)C)c1ccc(Br)c(Br)c1.Cl. The molecule has 102 valence electrons. The Labute approximate surface area is 132 Å². The summed E-state index contributed by atoms with van der Waals surface area (Å²) in [5.41, 5.74) is 1.10. The molecule has 5 heteroatoms. The summed E-state index contributed by atoms with van der Waals surface area (Å²) in [7, 11) is 0. The number of hydrogen-bond acceptors (Lipinski definition) is 1. The molecular weight excluding hydrogens is 379 g/mol. The van der Waals surface area contributed by atoms with Crippen molar-refractivity contribution in [2.24, 2.45) is 4.99 Å². The molecule has 0 aliphatic rings. The zero-order valence-corrected chi connectivity index (χ0v) is 15.0. The Kier molecular flexibility index (Phi) is 8.15. The Morgan fingerprint density at radius 2 is 1.72 bits per heavy atom. The first-order valence-corrected chi connectivity index (χ1v) is 7.28. The molecule has 0 aromatic heterocycles. The van der Waals surface area contributed by atoms with Crippen LogP contribution < -0.4 is 5.32 Å². The van der Waals surface area contributed by atoms with Crippen LogP contribution in [0.3, 0.4) is 0 Å². The number of halogens is 3. The molecule has 2 nitrogen and oxygen atoms in total. The maximum Gasteiger partial charge on any atom is 0.128 e. The van der Waals surface area contributed by atoms with Gasteiger partial charge < -0.3 is 5.32 Å². The monoisotopic (exact) mass is 396 g/mol. The number of benzene rings is 1. The Balaban J connectivity index is 0.00000289. The van der Waals surface area contributed by atoms with Gasteiger partial charge in [-0.25, -0.2) is 0 Å². The second-order valence-corrected chi connectivity index (χ2v) is 6.21. The molecule has 0 saturated heterocycles. The lowest BCUT2D eigenvalue weighted by Gasteiger charge is -2.15. The van der Waals surface area contributed by atoms with E-state index < -0.39 is 0 Å². The third-order valence-electron chi connectivity index (χ3n) is 2.01. The fraction of sp³-hybridized carbons (Fsp3) is 0.462. The Morgan fingerprint density at radius 1 is 1.11 bits per heavy atom. The van der Waals surface area contributed by atoms with Gasteiger partial charge in [0.1, 0.15) is 5.84 Å². The summed E-state index contributed by atoms with van der Waals surface area (Å²) in [6.45, 7) is 8.39. The highest BCUT2D eigenvalue weighted by atomic mass is 79.9. The minimum Gasteiger partial charge on any atom is -0.368 e. The van der Waals surface area contributed by atoms with Crippen molar-refractivity contribution < 1.29 is 0 Å². The van der Waals surface area contributed by atoms with Gasteiger partial charge in [-0.3, -0.25) is 4.99 Å². The Hall–Kier alpha value is -0.0600. The highest BCUT2D eigenvalue weighted by Gasteiger charge is 2.08. The van der Waals surface area contributed by atoms with E-state index in [-0.39, 0.29) is 18.4 Å². The van der Waals surface area contributed by atoms with Crippen molar-refractivity contribution in [2.75, 3.05) is 0 Å². The van der Waals surface area contributed by atoms with E-state index in [1.165, 1.54) is 0 Å². The van der Waals surface area contributed by atoms with Crippen molar-refractivity contribution in [3.05, 3.63) is 32.7 Å².